The highest BCUT2D eigenvalue weighted by Crippen LogP contribution is 2.37. The fourth-order valence-corrected chi connectivity index (χ4v) is 3.58. The lowest BCUT2D eigenvalue weighted by Crippen LogP contribution is -2.34. The SMILES string of the molecule is CCCC1(Nc2nnc(Br)s2)CCCC1. The average Bonchev–Trinajstić information content (AvgIpc) is 2.78. The molecule has 1 aliphatic rings. The molecule has 1 saturated carbocycles. The van der Waals surface area contributed by atoms with Gasteiger partial charge in [-0.15, -0.1) is 10.2 Å². The van der Waals surface area contributed by atoms with Crippen molar-refractivity contribution in [2.75, 3.05) is 5.32 Å². The summed E-state index contributed by atoms with van der Waals surface area (Å²) in [5, 5.41) is 12.6. The summed E-state index contributed by atoms with van der Waals surface area (Å²) >= 11 is 4.93. The first kappa shape index (κ1) is 11.3. The van der Waals surface area contributed by atoms with Crippen molar-refractivity contribution < 1.29 is 0 Å². The molecule has 15 heavy (non-hydrogen) atoms. The third kappa shape index (κ3) is 2.69. The fourth-order valence-electron chi connectivity index (χ4n) is 2.45. The molecule has 2 rings (SSSR count). The number of nitrogens with zero attached hydrogens (tertiary/aromatic N) is 2. The summed E-state index contributed by atoms with van der Waals surface area (Å²) in [7, 11) is 0. The lowest BCUT2D eigenvalue weighted by atomic mass is 9.92. The molecule has 5 heteroatoms. The second-order valence-electron chi connectivity index (χ2n) is 4.22. The standard InChI is InChI=1S/C10H16BrN3S/c1-2-5-10(6-3-4-7-10)12-9-14-13-8(11)15-9/h2-7H2,1H3,(H,12,14). The Morgan fingerprint density at radius 3 is 2.67 bits per heavy atom. The molecule has 0 bridgehead atoms. The number of rotatable bonds is 4. The van der Waals surface area contributed by atoms with Crippen LogP contribution in [0.2, 0.25) is 0 Å². The van der Waals surface area contributed by atoms with Crippen LogP contribution in [-0.4, -0.2) is 15.7 Å². The minimum atomic E-state index is 0.299. The monoisotopic (exact) mass is 289 g/mol. The Hall–Kier alpha value is -0.160. The summed E-state index contributed by atoms with van der Waals surface area (Å²) in [6, 6.07) is 0. The Labute approximate surface area is 103 Å². The first-order valence-corrected chi connectivity index (χ1v) is 7.12. The van der Waals surface area contributed by atoms with Gasteiger partial charge in [0.25, 0.3) is 0 Å². The zero-order valence-corrected chi connectivity index (χ0v) is 11.3. The molecule has 0 aliphatic heterocycles. The number of aromatic nitrogens is 2. The third-order valence-corrected chi connectivity index (χ3v) is 4.33. The van der Waals surface area contributed by atoms with Crippen LogP contribution in [0.3, 0.4) is 0 Å². The van der Waals surface area contributed by atoms with Crippen molar-refractivity contribution in [1.29, 1.82) is 0 Å². The van der Waals surface area contributed by atoms with E-state index in [4.69, 9.17) is 0 Å². The Morgan fingerprint density at radius 1 is 1.40 bits per heavy atom. The molecular weight excluding hydrogens is 274 g/mol. The highest BCUT2D eigenvalue weighted by molar-refractivity contribution is 9.11. The Bertz CT molecular complexity index is 320. The molecule has 1 heterocycles. The average molecular weight is 290 g/mol. The van der Waals surface area contributed by atoms with E-state index in [1.807, 2.05) is 0 Å². The van der Waals surface area contributed by atoms with Gasteiger partial charge in [-0.1, -0.05) is 37.5 Å². The van der Waals surface area contributed by atoms with E-state index in [-0.39, 0.29) is 0 Å². The first-order valence-electron chi connectivity index (χ1n) is 5.51. The summed E-state index contributed by atoms with van der Waals surface area (Å²) in [6.07, 6.45) is 7.70. The molecule has 0 unspecified atom stereocenters. The van der Waals surface area contributed by atoms with E-state index < -0.39 is 0 Å². The molecule has 0 atom stereocenters. The van der Waals surface area contributed by atoms with Crippen LogP contribution in [0, 0.1) is 0 Å². The lowest BCUT2D eigenvalue weighted by Gasteiger charge is -2.29. The predicted molar refractivity (Wildman–Crippen MR) is 67.3 cm³/mol. The molecular formula is C10H16BrN3S. The van der Waals surface area contributed by atoms with E-state index >= 15 is 0 Å². The van der Waals surface area contributed by atoms with Gasteiger partial charge in [-0.3, -0.25) is 0 Å². The molecule has 0 saturated heterocycles. The summed E-state index contributed by atoms with van der Waals surface area (Å²) in [5.74, 6) is 0. The van der Waals surface area contributed by atoms with Gasteiger partial charge < -0.3 is 5.32 Å². The summed E-state index contributed by atoms with van der Waals surface area (Å²) in [6.45, 7) is 2.25. The van der Waals surface area contributed by atoms with Crippen molar-refractivity contribution in [2.45, 2.75) is 51.0 Å². The Kier molecular flexibility index (Phi) is 3.61. The molecule has 3 nitrogen and oxygen atoms in total. The minimum absolute atomic E-state index is 0.299. The van der Waals surface area contributed by atoms with Gasteiger partial charge in [0.2, 0.25) is 5.13 Å². The summed E-state index contributed by atoms with van der Waals surface area (Å²) in [4.78, 5) is 0. The molecule has 84 valence electrons. The zero-order chi connectivity index (χ0) is 10.7. The van der Waals surface area contributed by atoms with Crippen LogP contribution in [0.4, 0.5) is 5.13 Å². The van der Waals surface area contributed by atoms with E-state index in [0.717, 1.165) is 9.05 Å². The van der Waals surface area contributed by atoms with E-state index in [2.05, 4.69) is 38.4 Å². The number of halogens is 1. The van der Waals surface area contributed by atoms with Crippen LogP contribution >= 0.6 is 27.3 Å². The number of hydrogen-bond donors (Lipinski definition) is 1. The molecule has 0 spiro atoms. The Morgan fingerprint density at radius 2 is 2.13 bits per heavy atom. The van der Waals surface area contributed by atoms with E-state index in [9.17, 15) is 0 Å². The van der Waals surface area contributed by atoms with E-state index in [0.29, 0.717) is 5.54 Å². The maximum Gasteiger partial charge on any atom is 0.206 e. The lowest BCUT2D eigenvalue weighted by molar-refractivity contribution is 0.438. The van der Waals surface area contributed by atoms with Crippen molar-refractivity contribution in [3.05, 3.63) is 3.92 Å². The largest absolute Gasteiger partial charge is 0.355 e. The molecule has 0 aromatic carbocycles. The molecule has 1 fully saturated rings. The minimum Gasteiger partial charge on any atom is -0.355 e. The van der Waals surface area contributed by atoms with Crippen molar-refractivity contribution in [3.63, 3.8) is 0 Å². The number of anilines is 1. The van der Waals surface area contributed by atoms with Gasteiger partial charge in [-0.05, 0) is 35.2 Å². The van der Waals surface area contributed by atoms with Crippen LogP contribution in [0.15, 0.2) is 3.92 Å². The second-order valence-corrected chi connectivity index (χ2v) is 6.48. The maximum atomic E-state index is 4.12. The van der Waals surface area contributed by atoms with Crippen molar-refractivity contribution in [1.82, 2.24) is 10.2 Å². The Balaban J connectivity index is 2.06. The van der Waals surface area contributed by atoms with Crippen LogP contribution in [0.1, 0.15) is 45.4 Å². The molecule has 1 aromatic heterocycles. The van der Waals surface area contributed by atoms with Crippen molar-refractivity contribution in [2.24, 2.45) is 0 Å². The molecule has 0 amide bonds. The van der Waals surface area contributed by atoms with Gasteiger partial charge in [-0.2, -0.15) is 0 Å². The van der Waals surface area contributed by atoms with Gasteiger partial charge in [0.05, 0.1) is 0 Å². The fraction of sp³-hybridized carbons (Fsp3) is 0.800. The summed E-state index contributed by atoms with van der Waals surface area (Å²) in [5.41, 5.74) is 0.299. The maximum absolute atomic E-state index is 4.12. The van der Waals surface area contributed by atoms with Crippen molar-refractivity contribution >= 4 is 32.4 Å². The quantitative estimate of drug-likeness (QED) is 0.916. The van der Waals surface area contributed by atoms with Crippen LogP contribution in [-0.2, 0) is 0 Å². The highest BCUT2D eigenvalue weighted by atomic mass is 79.9. The van der Waals surface area contributed by atoms with Crippen molar-refractivity contribution in [3.8, 4) is 0 Å². The topological polar surface area (TPSA) is 37.8 Å². The predicted octanol–water partition coefficient (Wildman–Crippen LogP) is 3.83. The smallest absolute Gasteiger partial charge is 0.206 e. The molecule has 1 aromatic rings. The first-order chi connectivity index (χ1) is 7.24. The zero-order valence-electron chi connectivity index (χ0n) is 8.92. The number of hydrogen-bond acceptors (Lipinski definition) is 4. The summed E-state index contributed by atoms with van der Waals surface area (Å²) < 4.78 is 0.856. The van der Waals surface area contributed by atoms with Gasteiger partial charge in [0, 0.05) is 5.54 Å². The third-order valence-electron chi connectivity index (χ3n) is 3.06. The van der Waals surface area contributed by atoms with Gasteiger partial charge in [0.15, 0.2) is 3.92 Å². The van der Waals surface area contributed by atoms with Crippen LogP contribution < -0.4 is 5.32 Å². The van der Waals surface area contributed by atoms with Crippen LogP contribution in [0.5, 0.6) is 0 Å². The molecule has 0 radical (unpaired) electrons. The van der Waals surface area contributed by atoms with Gasteiger partial charge >= 0.3 is 0 Å². The van der Waals surface area contributed by atoms with Crippen LogP contribution in [0.25, 0.3) is 0 Å². The number of nitrogens with one attached hydrogen (secondary N) is 1. The second kappa shape index (κ2) is 4.78. The molecule has 1 N–H and O–H groups in total. The highest BCUT2D eigenvalue weighted by Gasteiger charge is 2.33. The van der Waals surface area contributed by atoms with Gasteiger partial charge in [-0.25, -0.2) is 0 Å². The normalized spacial score (nSPS) is 19.3. The molecule has 1 aliphatic carbocycles. The van der Waals surface area contributed by atoms with Gasteiger partial charge in [0.1, 0.15) is 0 Å². The van der Waals surface area contributed by atoms with E-state index in [1.165, 1.54) is 38.5 Å². The van der Waals surface area contributed by atoms with E-state index in [1.54, 1.807) is 11.3 Å².